The molecule has 0 bridgehead atoms. The molecule has 2 aliphatic rings. The molecule has 1 fully saturated rings. The molecule has 0 saturated heterocycles. The number of hydrogen-bond donors (Lipinski definition) is 1. The SMILES string of the molecule is CCOC(=O)[C@]1(C(C)C)C(=O)C(O)=C(CC)C12CCCCC2. The molecule has 0 aliphatic heterocycles. The van der Waals surface area contributed by atoms with Crippen LogP contribution in [0.5, 0.6) is 0 Å². The van der Waals surface area contributed by atoms with E-state index >= 15 is 0 Å². The molecule has 1 spiro atoms. The Balaban J connectivity index is 2.69. The van der Waals surface area contributed by atoms with Crippen molar-refractivity contribution in [1.82, 2.24) is 0 Å². The molecule has 4 nitrogen and oxygen atoms in total. The van der Waals surface area contributed by atoms with Crippen LogP contribution in [0.15, 0.2) is 11.3 Å². The molecule has 4 heteroatoms. The fourth-order valence-corrected chi connectivity index (χ4v) is 4.95. The summed E-state index contributed by atoms with van der Waals surface area (Å²) >= 11 is 0. The number of carbonyl (C=O) groups excluding carboxylic acids is 2. The molecule has 2 rings (SSSR count). The van der Waals surface area contributed by atoms with Crippen LogP contribution in [0.3, 0.4) is 0 Å². The number of rotatable bonds is 4. The first kappa shape index (κ1) is 17.0. The van der Waals surface area contributed by atoms with Crippen LogP contribution in [0.1, 0.15) is 66.2 Å². The summed E-state index contributed by atoms with van der Waals surface area (Å²) in [5, 5.41) is 10.5. The van der Waals surface area contributed by atoms with Crippen molar-refractivity contribution in [1.29, 1.82) is 0 Å². The van der Waals surface area contributed by atoms with Crippen molar-refractivity contribution in [2.24, 2.45) is 16.7 Å². The molecule has 0 aromatic rings. The van der Waals surface area contributed by atoms with Crippen molar-refractivity contribution in [3.63, 3.8) is 0 Å². The summed E-state index contributed by atoms with van der Waals surface area (Å²) in [7, 11) is 0. The first-order chi connectivity index (χ1) is 10.4. The maximum atomic E-state index is 13.0. The average Bonchev–Trinajstić information content (AvgIpc) is 2.66. The summed E-state index contributed by atoms with van der Waals surface area (Å²) in [4.78, 5) is 25.9. The Morgan fingerprint density at radius 2 is 1.82 bits per heavy atom. The molecule has 0 heterocycles. The van der Waals surface area contributed by atoms with Gasteiger partial charge in [-0.2, -0.15) is 0 Å². The normalized spacial score (nSPS) is 27.8. The summed E-state index contributed by atoms with van der Waals surface area (Å²) in [6.45, 7) is 7.76. The molecule has 0 radical (unpaired) electrons. The Morgan fingerprint density at radius 1 is 1.23 bits per heavy atom. The van der Waals surface area contributed by atoms with E-state index in [9.17, 15) is 14.7 Å². The molecule has 1 N–H and O–H groups in total. The second-order valence-electron chi connectivity index (χ2n) is 6.84. The molecule has 0 aromatic carbocycles. The topological polar surface area (TPSA) is 63.6 Å². The minimum absolute atomic E-state index is 0.175. The van der Waals surface area contributed by atoms with E-state index in [1.54, 1.807) is 6.92 Å². The number of aliphatic hydroxyl groups excluding tert-OH is 1. The fraction of sp³-hybridized carbons (Fsp3) is 0.778. The number of ether oxygens (including phenoxy) is 1. The van der Waals surface area contributed by atoms with Crippen LogP contribution in [0.4, 0.5) is 0 Å². The van der Waals surface area contributed by atoms with Crippen LogP contribution < -0.4 is 0 Å². The summed E-state index contributed by atoms with van der Waals surface area (Å²) in [5.74, 6) is -1.25. The average molecular weight is 308 g/mol. The van der Waals surface area contributed by atoms with Gasteiger partial charge in [-0.1, -0.05) is 40.0 Å². The number of hydrogen-bond acceptors (Lipinski definition) is 4. The lowest BCUT2D eigenvalue weighted by Gasteiger charge is -2.49. The lowest BCUT2D eigenvalue weighted by atomic mass is 9.52. The van der Waals surface area contributed by atoms with Crippen molar-refractivity contribution in [2.45, 2.75) is 66.2 Å². The van der Waals surface area contributed by atoms with E-state index in [0.29, 0.717) is 6.42 Å². The van der Waals surface area contributed by atoms with Gasteiger partial charge in [0, 0.05) is 5.41 Å². The highest BCUT2D eigenvalue weighted by Crippen LogP contribution is 2.64. The number of esters is 1. The molecule has 22 heavy (non-hydrogen) atoms. The summed E-state index contributed by atoms with van der Waals surface area (Å²) < 4.78 is 5.33. The van der Waals surface area contributed by atoms with Crippen LogP contribution >= 0.6 is 0 Å². The number of allylic oxidation sites excluding steroid dienone is 2. The van der Waals surface area contributed by atoms with Crippen LogP contribution in [0, 0.1) is 16.7 Å². The van der Waals surface area contributed by atoms with E-state index in [0.717, 1.165) is 37.7 Å². The van der Waals surface area contributed by atoms with Gasteiger partial charge >= 0.3 is 5.97 Å². The molecule has 2 aliphatic carbocycles. The first-order valence-corrected chi connectivity index (χ1v) is 8.54. The van der Waals surface area contributed by atoms with Crippen molar-refractivity contribution < 1.29 is 19.4 Å². The highest BCUT2D eigenvalue weighted by Gasteiger charge is 2.70. The van der Waals surface area contributed by atoms with Gasteiger partial charge in [-0.3, -0.25) is 9.59 Å². The molecule has 0 amide bonds. The minimum atomic E-state index is -1.25. The number of ketones is 1. The molecular weight excluding hydrogens is 280 g/mol. The molecule has 124 valence electrons. The van der Waals surface area contributed by atoms with E-state index in [-0.39, 0.29) is 18.3 Å². The van der Waals surface area contributed by atoms with Crippen molar-refractivity contribution >= 4 is 11.8 Å². The Labute approximate surface area is 132 Å². The zero-order chi connectivity index (χ0) is 16.5. The summed E-state index contributed by atoms with van der Waals surface area (Å²) in [6, 6.07) is 0. The van der Waals surface area contributed by atoms with Crippen LogP contribution in [-0.4, -0.2) is 23.5 Å². The molecule has 1 atom stereocenters. The van der Waals surface area contributed by atoms with E-state index in [2.05, 4.69) is 0 Å². The number of Topliss-reactive ketones (excluding diaryl/α,β-unsaturated/α-hetero) is 1. The van der Waals surface area contributed by atoms with Gasteiger partial charge < -0.3 is 9.84 Å². The maximum Gasteiger partial charge on any atom is 0.321 e. The molecule has 0 unspecified atom stereocenters. The Kier molecular flexibility index (Phi) is 4.69. The standard InChI is InChI=1S/C18H28O4/c1-5-13-14(19)15(20)18(12(3)4,16(21)22-6-2)17(13)10-8-7-9-11-17/h12,19H,5-11H2,1-4H3/t18-/m0/s1. The highest BCUT2D eigenvalue weighted by atomic mass is 16.5. The Hall–Kier alpha value is -1.32. The predicted octanol–water partition coefficient (Wildman–Crippen LogP) is 3.95. The maximum absolute atomic E-state index is 13.0. The summed E-state index contributed by atoms with van der Waals surface area (Å²) in [5.41, 5.74) is -1.03. The second-order valence-corrected chi connectivity index (χ2v) is 6.84. The van der Waals surface area contributed by atoms with Gasteiger partial charge in [-0.15, -0.1) is 0 Å². The number of aliphatic hydroxyl groups is 1. The zero-order valence-electron chi connectivity index (χ0n) is 14.2. The van der Waals surface area contributed by atoms with Crippen molar-refractivity contribution in [3.05, 3.63) is 11.3 Å². The van der Waals surface area contributed by atoms with Gasteiger partial charge in [0.25, 0.3) is 0 Å². The summed E-state index contributed by atoms with van der Waals surface area (Å²) in [6.07, 6.45) is 5.25. The van der Waals surface area contributed by atoms with Crippen LogP contribution in [0.2, 0.25) is 0 Å². The largest absolute Gasteiger partial charge is 0.504 e. The third kappa shape index (κ3) is 1.95. The lowest BCUT2D eigenvalue weighted by molar-refractivity contribution is -0.172. The fourth-order valence-electron chi connectivity index (χ4n) is 4.95. The zero-order valence-corrected chi connectivity index (χ0v) is 14.2. The lowest BCUT2D eigenvalue weighted by Crippen LogP contribution is -2.55. The van der Waals surface area contributed by atoms with Crippen molar-refractivity contribution in [3.8, 4) is 0 Å². The van der Waals surface area contributed by atoms with Crippen LogP contribution in [0.25, 0.3) is 0 Å². The van der Waals surface area contributed by atoms with Gasteiger partial charge in [-0.05, 0) is 37.7 Å². The Bertz CT molecular complexity index is 497. The van der Waals surface area contributed by atoms with E-state index in [1.165, 1.54) is 0 Å². The van der Waals surface area contributed by atoms with Gasteiger partial charge in [0.05, 0.1) is 6.61 Å². The Morgan fingerprint density at radius 3 is 2.27 bits per heavy atom. The minimum Gasteiger partial charge on any atom is -0.504 e. The second kappa shape index (κ2) is 6.05. The third-order valence-corrected chi connectivity index (χ3v) is 5.72. The smallest absolute Gasteiger partial charge is 0.321 e. The predicted molar refractivity (Wildman–Crippen MR) is 84.4 cm³/mol. The highest BCUT2D eigenvalue weighted by molar-refractivity contribution is 6.15. The first-order valence-electron chi connectivity index (χ1n) is 8.54. The van der Waals surface area contributed by atoms with Gasteiger partial charge in [0.15, 0.2) is 5.76 Å². The monoisotopic (exact) mass is 308 g/mol. The van der Waals surface area contributed by atoms with Crippen LogP contribution in [-0.2, 0) is 14.3 Å². The number of carbonyl (C=O) groups is 2. The van der Waals surface area contributed by atoms with Crippen molar-refractivity contribution in [2.75, 3.05) is 6.61 Å². The van der Waals surface area contributed by atoms with E-state index in [1.807, 2.05) is 20.8 Å². The molecular formula is C18H28O4. The van der Waals surface area contributed by atoms with Gasteiger partial charge in [0.2, 0.25) is 5.78 Å². The third-order valence-electron chi connectivity index (χ3n) is 5.72. The van der Waals surface area contributed by atoms with Gasteiger partial charge in [-0.25, -0.2) is 0 Å². The van der Waals surface area contributed by atoms with E-state index < -0.39 is 22.6 Å². The molecule has 0 aromatic heterocycles. The quantitative estimate of drug-likeness (QED) is 0.631. The van der Waals surface area contributed by atoms with E-state index in [4.69, 9.17) is 4.74 Å². The van der Waals surface area contributed by atoms with Gasteiger partial charge in [0.1, 0.15) is 5.41 Å². The molecule has 1 saturated carbocycles.